The molecule has 0 atom stereocenters. The molecule has 2 heterocycles. The van der Waals surface area contributed by atoms with Crippen molar-refractivity contribution in [1.82, 2.24) is 10.2 Å². The van der Waals surface area contributed by atoms with E-state index in [0.717, 1.165) is 16.5 Å². The Balaban J connectivity index is 2.15. The number of nitrogens with one attached hydrogen (secondary N) is 1. The van der Waals surface area contributed by atoms with Crippen LogP contribution < -0.4 is 5.73 Å². The average molecular weight is 256 g/mol. The summed E-state index contributed by atoms with van der Waals surface area (Å²) in [4.78, 5) is 15.6. The fraction of sp³-hybridized carbons (Fsp3) is 0.154. The third kappa shape index (κ3) is 1.87. The smallest absolute Gasteiger partial charge is 0.270 e. The maximum atomic E-state index is 11.3. The van der Waals surface area contributed by atoms with Gasteiger partial charge in [0.2, 0.25) is 0 Å². The number of amides is 1. The van der Waals surface area contributed by atoms with Gasteiger partial charge < -0.3 is 10.5 Å². The molecule has 0 fully saturated rings. The van der Waals surface area contributed by atoms with Gasteiger partial charge in [-0.15, -0.1) is 0 Å². The Morgan fingerprint density at radius 1 is 1.47 bits per heavy atom. The molecular formula is C13H12N4O2. The van der Waals surface area contributed by atoms with Gasteiger partial charge in [-0.1, -0.05) is 12.1 Å². The van der Waals surface area contributed by atoms with E-state index in [1.807, 2.05) is 18.2 Å². The van der Waals surface area contributed by atoms with Crippen LogP contribution in [-0.4, -0.2) is 28.4 Å². The lowest BCUT2D eigenvalue weighted by Gasteiger charge is -2.17. The Morgan fingerprint density at radius 3 is 3.11 bits per heavy atom. The summed E-state index contributed by atoms with van der Waals surface area (Å²) in [5.74, 6) is -0.135. The molecule has 0 unspecified atom stereocenters. The zero-order valence-corrected chi connectivity index (χ0v) is 10.3. The molecule has 6 nitrogen and oxygen atoms in total. The molecule has 1 amide bonds. The van der Waals surface area contributed by atoms with Crippen molar-refractivity contribution in [3.63, 3.8) is 0 Å². The van der Waals surface area contributed by atoms with Crippen molar-refractivity contribution in [3.05, 3.63) is 41.4 Å². The SMILES string of the molecule is CC1=C(C(N)=O)N=C(c2cccc3[nH]ncc23)CO1. The van der Waals surface area contributed by atoms with Gasteiger partial charge in [0, 0.05) is 10.9 Å². The fourth-order valence-electron chi connectivity index (χ4n) is 2.08. The molecule has 3 rings (SSSR count). The van der Waals surface area contributed by atoms with Crippen LogP contribution in [-0.2, 0) is 9.53 Å². The molecule has 0 radical (unpaired) electrons. The predicted octanol–water partition coefficient (Wildman–Crippen LogP) is 1.10. The highest BCUT2D eigenvalue weighted by atomic mass is 16.5. The molecule has 0 bridgehead atoms. The number of carbonyl (C=O) groups is 1. The minimum atomic E-state index is -0.589. The van der Waals surface area contributed by atoms with Crippen molar-refractivity contribution in [2.75, 3.05) is 6.61 Å². The average Bonchev–Trinajstić information content (AvgIpc) is 2.87. The van der Waals surface area contributed by atoms with Crippen LogP contribution in [0.5, 0.6) is 0 Å². The van der Waals surface area contributed by atoms with E-state index in [0.29, 0.717) is 18.1 Å². The molecule has 6 heteroatoms. The molecule has 3 N–H and O–H groups in total. The number of ether oxygens (including phenoxy) is 1. The summed E-state index contributed by atoms with van der Waals surface area (Å²) in [7, 11) is 0. The molecule has 1 aliphatic heterocycles. The van der Waals surface area contributed by atoms with E-state index in [9.17, 15) is 4.79 Å². The predicted molar refractivity (Wildman–Crippen MR) is 70.5 cm³/mol. The van der Waals surface area contributed by atoms with Crippen molar-refractivity contribution in [2.45, 2.75) is 6.92 Å². The maximum Gasteiger partial charge on any atom is 0.270 e. The summed E-state index contributed by atoms with van der Waals surface area (Å²) in [5.41, 5.74) is 7.92. The third-order valence-electron chi connectivity index (χ3n) is 3.03. The van der Waals surface area contributed by atoms with E-state index in [1.54, 1.807) is 13.1 Å². The highest BCUT2D eigenvalue weighted by molar-refractivity contribution is 6.13. The van der Waals surface area contributed by atoms with Gasteiger partial charge >= 0.3 is 0 Å². The van der Waals surface area contributed by atoms with Gasteiger partial charge in [0.25, 0.3) is 5.91 Å². The monoisotopic (exact) mass is 256 g/mol. The molecule has 0 saturated carbocycles. The van der Waals surface area contributed by atoms with E-state index in [4.69, 9.17) is 10.5 Å². The number of nitrogens with two attached hydrogens (primary N) is 1. The summed E-state index contributed by atoms with van der Waals surface area (Å²) in [6, 6.07) is 5.74. The summed E-state index contributed by atoms with van der Waals surface area (Å²) in [6.45, 7) is 1.99. The minimum Gasteiger partial charge on any atom is -0.489 e. The van der Waals surface area contributed by atoms with E-state index in [1.165, 1.54) is 0 Å². The van der Waals surface area contributed by atoms with E-state index in [2.05, 4.69) is 15.2 Å². The second-order valence-corrected chi connectivity index (χ2v) is 4.25. The summed E-state index contributed by atoms with van der Waals surface area (Å²) in [6.07, 6.45) is 1.72. The molecule has 1 aromatic heterocycles. The number of hydrogen-bond donors (Lipinski definition) is 2. The summed E-state index contributed by atoms with van der Waals surface area (Å²) < 4.78 is 5.46. The number of fused-ring (bicyclic) bond motifs is 1. The van der Waals surface area contributed by atoms with Crippen LogP contribution in [0, 0.1) is 0 Å². The minimum absolute atomic E-state index is 0.168. The first-order valence-corrected chi connectivity index (χ1v) is 5.80. The van der Waals surface area contributed by atoms with Crippen molar-refractivity contribution < 1.29 is 9.53 Å². The Hall–Kier alpha value is -2.63. The van der Waals surface area contributed by atoms with Gasteiger partial charge in [0.05, 0.1) is 17.4 Å². The van der Waals surface area contributed by atoms with Crippen LogP contribution in [0.1, 0.15) is 12.5 Å². The molecule has 1 aliphatic rings. The zero-order valence-electron chi connectivity index (χ0n) is 10.3. The lowest BCUT2D eigenvalue weighted by molar-refractivity contribution is -0.114. The number of hydrogen-bond acceptors (Lipinski definition) is 4. The highest BCUT2D eigenvalue weighted by Gasteiger charge is 2.19. The van der Waals surface area contributed by atoms with Crippen LogP contribution in [0.3, 0.4) is 0 Å². The first-order valence-electron chi connectivity index (χ1n) is 5.80. The number of aromatic amines is 1. The number of aliphatic imine (C=N–C) groups is 1. The first kappa shape index (κ1) is 11.5. The number of nitrogens with zero attached hydrogens (tertiary/aromatic N) is 2. The van der Waals surface area contributed by atoms with Gasteiger partial charge in [-0.2, -0.15) is 5.10 Å². The van der Waals surface area contributed by atoms with Crippen LogP contribution in [0.4, 0.5) is 0 Å². The maximum absolute atomic E-state index is 11.3. The molecule has 0 spiro atoms. The topological polar surface area (TPSA) is 93.4 Å². The van der Waals surface area contributed by atoms with Crippen LogP contribution in [0.2, 0.25) is 0 Å². The largest absolute Gasteiger partial charge is 0.489 e. The van der Waals surface area contributed by atoms with E-state index < -0.39 is 5.91 Å². The second-order valence-electron chi connectivity index (χ2n) is 4.25. The van der Waals surface area contributed by atoms with Crippen LogP contribution in [0.15, 0.2) is 40.8 Å². The number of benzene rings is 1. The van der Waals surface area contributed by atoms with Crippen molar-refractivity contribution in [2.24, 2.45) is 10.7 Å². The van der Waals surface area contributed by atoms with Crippen LogP contribution >= 0.6 is 0 Å². The Bertz CT molecular complexity index is 727. The van der Waals surface area contributed by atoms with Crippen molar-refractivity contribution in [1.29, 1.82) is 0 Å². The molecule has 0 saturated heterocycles. The number of carbonyl (C=O) groups excluding carboxylic acids is 1. The Kier molecular flexibility index (Phi) is 2.56. The van der Waals surface area contributed by atoms with Gasteiger partial charge in [0.1, 0.15) is 12.4 Å². The van der Waals surface area contributed by atoms with Crippen LogP contribution in [0.25, 0.3) is 10.9 Å². The van der Waals surface area contributed by atoms with Crippen molar-refractivity contribution in [3.8, 4) is 0 Å². The molecule has 1 aromatic carbocycles. The lowest BCUT2D eigenvalue weighted by atomic mass is 10.1. The van der Waals surface area contributed by atoms with Crippen molar-refractivity contribution >= 4 is 22.5 Å². The third-order valence-corrected chi connectivity index (χ3v) is 3.03. The number of H-pyrrole nitrogens is 1. The van der Waals surface area contributed by atoms with Gasteiger partial charge in [-0.05, 0) is 13.0 Å². The molecule has 0 aliphatic carbocycles. The summed E-state index contributed by atoms with van der Waals surface area (Å²) >= 11 is 0. The normalized spacial score (nSPS) is 15.3. The number of allylic oxidation sites excluding steroid dienone is 1. The first-order chi connectivity index (χ1) is 9.16. The van der Waals surface area contributed by atoms with Gasteiger partial charge in [-0.3, -0.25) is 9.89 Å². The Morgan fingerprint density at radius 2 is 2.32 bits per heavy atom. The standard InChI is InChI=1S/C13H12N4O2/c1-7-12(13(14)18)16-11(6-19-7)8-3-2-4-10-9(8)5-15-17-10/h2-5H,6H2,1H3,(H2,14,18)(H,15,17). The van der Waals surface area contributed by atoms with E-state index >= 15 is 0 Å². The summed E-state index contributed by atoms with van der Waals surface area (Å²) in [5, 5.41) is 7.83. The molecule has 96 valence electrons. The quantitative estimate of drug-likeness (QED) is 0.842. The Labute approximate surface area is 109 Å². The number of rotatable bonds is 2. The number of aromatic nitrogens is 2. The zero-order chi connectivity index (χ0) is 13.4. The molecule has 19 heavy (non-hydrogen) atoms. The highest BCUT2D eigenvalue weighted by Crippen LogP contribution is 2.21. The number of primary amides is 1. The van der Waals surface area contributed by atoms with E-state index in [-0.39, 0.29) is 5.70 Å². The molecular weight excluding hydrogens is 244 g/mol. The fourth-order valence-corrected chi connectivity index (χ4v) is 2.08. The second kappa shape index (κ2) is 4.24. The van der Waals surface area contributed by atoms with Gasteiger partial charge in [-0.25, -0.2) is 4.99 Å². The molecule has 2 aromatic rings. The lowest BCUT2D eigenvalue weighted by Crippen LogP contribution is -2.23. The van der Waals surface area contributed by atoms with Gasteiger partial charge in [0.15, 0.2) is 5.70 Å².